The number of H-pyrrole nitrogens is 1. The molecule has 0 unspecified atom stereocenters. The Labute approximate surface area is 181 Å². The lowest BCUT2D eigenvalue weighted by Crippen LogP contribution is -2.29. The molecule has 1 aromatic heterocycles. The van der Waals surface area contributed by atoms with Gasteiger partial charge in [-0.05, 0) is 56.2 Å². The van der Waals surface area contributed by atoms with E-state index in [4.69, 9.17) is 9.47 Å². The largest absolute Gasteiger partial charge is 0.490 e. The fraction of sp³-hybridized carbons (Fsp3) is 0.571. The monoisotopic (exact) mass is 455 g/mol. The molecule has 1 fully saturated rings. The maximum Gasteiger partial charge on any atom is 0.328 e. The number of nitrogens with zero attached hydrogens (tertiary/aromatic N) is 1. The van der Waals surface area contributed by atoms with Crippen molar-refractivity contribution in [3.8, 4) is 11.6 Å². The minimum absolute atomic E-state index is 0.0189. The summed E-state index contributed by atoms with van der Waals surface area (Å²) >= 11 is 0. The van der Waals surface area contributed by atoms with Crippen LogP contribution in [0.1, 0.15) is 50.6 Å². The van der Waals surface area contributed by atoms with Crippen molar-refractivity contribution >= 4 is 10.0 Å². The fourth-order valence-electron chi connectivity index (χ4n) is 3.22. The molecular weight excluding hydrogens is 425 g/mol. The molecule has 0 amide bonds. The molecule has 0 spiro atoms. The number of aryl methyl sites for hydroxylation is 1. The van der Waals surface area contributed by atoms with E-state index in [0.29, 0.717) is 49.8 Å². The van der Waals surface area contributed by atoms with Crippen molar-refractivity contribution in [2.45, 2.75) is 51.6 Å². The second kappa shape index (κ2) is 10.3. The number of ether oxygens (including phenoxy) is 2. The normalized spacial score (nSPS) is 15.1. The number of sulfonamides is 1. The number of methoxy groups -OCH3 is 1. The molecule has 1 aliphatic carbocycles. The zero-order valence-electron chi connectivity index (χ0n) is 17.9. The fourth-order valence-corrected chi connectivity index (χ4v) is 4.60. The van der Waals surface area contributed by atoms with Gasteiger partial charge in [0, 0.05) is 12.6 Å². The number of nitrogens with one attached hydrogen (secondary N) is 2. The third kappa shape index (κ3) is 7.10. The number of aromatic nitrogens is 2. The Bertz CT molecular complexity index is 1030. The van der Waals surface area contributed by atoms with Gasteiger partial charge in [0.1, 0.15) is 0 Å². The summed E-state index contributed by atoms with van der Waals surface area (Å²) in [6.07, 6.45) is 5.60. The third-order valence-electron chi connectivity index (χ3n) is 5.28. The van der Waals surface area contributed by atoms with Crippen LogP contribution >= 0.6 is 0 Å². The summed E-state index contributed by atoms with van der Waals surface area (Å²) in [6.45, 7) is 2.70. The van der Waals surface area contributed by atoms with E-state index in [0.717, 1.165) is 12.8 Å². The van der Waals surface area contributed by atoms with Crippen molar-refractivity contribution in [1.29, 1.82) is 0 Å². The number of unbranched alkanes of at least 4 members (excludes halogenated alkanes) is 2. The first-order valence-electron chi connectivity index (χ1n) is 10.5. The van der Waals surface area contributed by atoms with Gasteiger partial charge in [0.15, 0.2) is 11.6 Å². The smallest absolute Gasteiger partial charge is 0.328 e. The zero-order chi connectivity index (χ0) is 22.4. The predicted octanol–water partition coefficient (Wildman–Crippen LogP) is 2.96. The number of benzene rings is 1. The van der Waals surface area contributed by atoms with Crippen LogP contribution in [0.25, 0.3) is 0 Å². The molecule has 0 aliphatic heterocycles. The molecular formula is C21H30FN3O5S. The quantitative estimate of drug-likeness (QED) is 0.452. The lowest BCUT2D eigenvalue weighted by atomic mass is 10.1. The average molecular weight is 456 g/mol. The maximum atomic E-state index is 14.0. The second-order valence-corrected chi connectivity index (χ2v) is 9.86. The van der Waals surface area contributed by atoms with Gasteiger partial charge in [0.25, 0.3) is 0 Å². The molecule has 0 bridgehead atoms. The van der Waals surface area contributed by atoms with Gasteiger partial charge >= 0.3 is 5.69 Å². The van der Waals surface area contributed by atoms with Crippen molar-refractivity contribution in [2.24, 2.45) is 5.92 Å². The SMILES string of the molecule is COc1cn(CCCCCS(=O)(=O)N[C@H](C)c2ccc(F)c(OCC3CC3)c2)c(=O)[nH]1. The van der Waals surface area contributed by atoms with E-state index in [2.05, 4.69) is 9.71 Å². The van der Waals surface area contributed by atoms with E-state index in [1.165, 1.54) is 17.7 Å². The summed E-state index contributed by atoms with van der Waals surface area (Å²) in [5.74, 6) is 0.588. The molecule has 31 heavy (non-hydrogen) atoms. The molecule has 2 N–H and O–H groups in total. The lowest BCUT2D eigenvalue weighted by molar-refractivity contribution is 0.285. The first-order chi connectivity index (χ1) is 14.8. The van der Waals surface area contributed by atoms with Crippen LogP contribution in [-0.2, 0) is 16.6 Å². The predicted molar refractivity (Wildman–Crippen MR) is 115 cm³/mol. The molecule has 1 saturated carbocycles. The van der Waals surface area contributed by atoms with E-state index in [-0.39, 0.29) is 17.2 Å². The van der Waals surface area contributed by atoms with Crippen molar-refractivity contribution < 1.29 is 22.3 Å². The van der Waals surface area contributed by atoms with Crippen molar-refractivity contribution in [3.05, 3.63) is 46.3 Å². The summed E-state index contributed by atoms with van der Waals surface area (Å²) in [6, 6.07) is 3.93. The maximum absolute atomic E-state index is 14.0. The molecule has 0 saturated heterocycles. The van der Waals surface area contributed by atoms with Crippen LogP contribution in [0.15, 0.2) is 29.2 Å². The van der Waals surface area contributed by atoms with Crippen LogP contribution in [0.4, 0.5) is 4.39 Å². The zero-order valence-corrected chi connectivity index (χ0v) is 18.7. The Morgan fingerprint density at radius 1 is 1.29 bits per heavy atom. The van der Waals surface area contributed by atoms with Crippen LogP contribution < -0.4 is 19.9 Å². The standard InChI is InChI=1S/C21H30FN3O5S/c1-15(17-8-9-18(22)19(12-17)30-14-16-6-7-16)24-31(27,28)11-5-3-4-10-25-13-20(29-2)23-21(25)26/h8-9,12-13,15-16,24H,3-7,10-11,14H2,1-2H3,(H,23,26)/t15-/m1/s1. The van der Waals surface area contributed by atoms with Gasteiger partial charge in [0.05, 0.1) is 25.7 Å². The second-order valence-electron chi connectivity index (χ2n) is 7.98. The molecule has 1 aliphatic rings. The number of hydrogen-bond acceptors (Lipinski definition) is 5. The van der Waals surface area contributed by atoms with Gasteiger partial charge < -0.3 is 9.47 Å². The molecule has 1 aromatic carbocycles. The molecule has 10 heteroatoms. The van der Waals surface area contributed by atoms with Gasteiger partial charge in [-0.1, -0.05) is 12.5 Å². The van der Waals surface area contributed by atoms with Crippen LogP contribution in [0, 0.1) is 11.7 Å². The molecule has 8 nitrogen and oxygen atoms in total. The summed E-state index contributed by atoms with van der Waals surface area (Å²) in [4.78, 5) is 14.3. The van der Waals surface area contributed by atoms with Crippen LogP contribution in [0.5, 0.6) is 11.6 Å². The van der Waals surface area contributed by atoms with Gasteiger partial charge in [-0.3, -0.25) is 9.55 Å². The highest BCUT2D eigenvalue weighted by Crippen LogP contribution is 2.31. The van der Waals surface area contributed by atoms with Crippen molar-refractivity contribution in [3.63, 3.8) is 0 Å². The van der Waals surface area contributed by atoms with E-state index in [1.807, 2.05) is 0 Å². The number of rotatable bonds is 13. The molecule has 1 atom stereocenters. The first-order valence-corrected chi connectivity index (χ1v) is 12.2. The molecule has 1 heterocycles. The topological polar surface area (TPSA) is 102 Å². The minimum atomic E-state index is -3.50. The van der Waals surface area contributed by atoms with E-state index < -0.39 is 21.9 Å². The molecule has 172 valence electrons. The summed E-state index contributed by atoms with van der Waals surface area (Å²) < 4.78 is 53.5. The summed E-state index contributed by atoms with van der Waals surface area (Å²) in [5.41, 5.74) is 0.399. The van der Waals surface area contributed by atoms with Crippen LogP contribution in [0.2, 0.25) is 0 Å². The van der Waals surface area contributed by atoms with E-state index in [1.54, 1.807) is 25.3 Å². The first kappa shape index (κ1) is 23.3. The highest BCUT2D eigenvalue weighted by Gasteiger charge is 2.23. The molecule has 2 aromatic rings. The molecule has 0 radical (unpaired) electrons. The average Bonchev–Trinajstić information content (AvgIpc) is 3.48. The Morgan fingerprint density at radius 2 is 2.06 bits per heavy atom. The van der Waals surface area contributed by atoms with Crippen LogP contribution in [0.3, 0.4) is 0 Å². The minimum Gasteiger partial charge on any atom is -0.490 e. The summed E-state index contributed by atoms with van der Waals surface area (Å²) in [5, 5.41) is 0. The molecule has 3 rings (SSSR count). The number of hydrogen-bond donors (Lipinski definition) is 2. The number of aromatic amines is 1. The Balaban J connectivity index is 1.44. The lowest BCUT2D eigenvalue weighted by Gasteiger charge is -2.16. The Kier molecular flexibility index (Phi) is 7.77. The van der Waals surface area contributed by atoms with E-state index >= 15 is 0 Å². The van der Waals surface area contributed by atoms with Gasteiger partial charge in [-0.15, -0.1) is 0 Å². The van der Waals surface area contributed by atoms with Gasteiger partial charge in [0.2, 0.25) is 15.9 Å². The van der Waals surface area contributed by atoms with Crippen LogP contribution in [-0.4, -0.2) is 37.4 Å². The highest BCUT2D eigenvalue weighted by molar-refractivity contribution is 7.89. The van der Waals surface area contributed by atoms with Crippen molar-refractivity contribution in [2.75, 3.05) is 19.5 Å². The summed E-state index contributed by atoms with van der Waals surface area (Å²) in [7, 11) is -2.03. The number of halogens is 1. The number of imidazole rings is 1. The van der Waals surface area contributed by atoms with Crippen molar-refractivity contribution in [1.82, 2.24) is 14.3 Å². The van der Waals surface area contributed by atoms with Gasteiger partial charge in [-0.25, -0.2) is 22.3 Å². The van der Waals surface area contributed by atoms with E-state index in [9.17, 15) is 17.6 Å². The van der Waals surface area contributed by atoms with Gasteiger partial charge in [-0.2, -0.15) is 0 Å². The third-order valence-corrected chi connectivity index (χ3v) is 6.82. The highest BCUT2D eigenvalue weighted by atomic mass is 32.2. The Morgan fingerprint density at radius 3 is 2.74 bits per heavy atom. The Hall–Kier alpha value is -2.33.